The molecule has 3 aromatic rings. The second kappa shape index (κ2) is 7.91. The summed E-state index contributed by atoms with van der Waals surface area (Å²) in [5.41, 5.74) is 3.18. The first-order chi connectivity index (χ1) is 14.0. The Labute approximate surface area is 169 Å². The Balaban J connectivity index is 1.42. The number of rotatable bonds is 5. The maximum Gasteiger partial charge on any atom is 0.313 e. The Hall–Kier alpha value is -3.41. The molecule has 0 unspecified atom stereocenters. The van der Waals surface area contributed by atoms with Crippen molar-refractivity contribution < 1.29 is 19.1 Å². The Bertz CT molecular complexity index is 1060. The predicted octanol–water partition coefficient (Wildman–Crippen LogP) is 3.47. The number of para-hydroxylation sites is 1. The Morgan fingerprint density at radius 3 is 2.76 bits per heavy atom. The van der Waals surface area contributed by atoms with Crippen LogP contribution in [0.25, 0.3) is 5.82 Å². The van der Waals surface area contributed by atoms with Crippen molar-refractivity contribution in [2.24, 2.45) is 5.92 Å². The highest BCUT2D eigenvalue weighted by Crippen LogP contribution is 2.27. The summed E-state index contributed by atoms with van der Waals surface area (Å²) in [7, 11) is 0. The molecular formula is C23H22N2O4. The minimum Gasteiger partial charge on any atom is -0.492 e. The molecule has 0 N–H and O–H groups in total. The molecule has 148 valence electrons. The normalized spacial score (nSPS) is 15.3. The van der Waals surface area contributed by atoms with E-state index < -0.39 is 11.9 Å². The molecule has 1 aliphatic heterocycles. The van der Waals surface area contributed by atoms with E-state index in [1.807, 2.05) is 60.9 Å². The molecule has 4 rings (SSSR count). The van der Waals surface area contributed by atoms with Crippen LogP contribution >= 0.6 is 0 Å². The third kappa shape index (κ3) is 3.78. The zero-order chi connectivity index (χ0) is 20.4. The summed E-state index contributed by atoms with van der Waals surface area (Å²) < 4.78 is 12.9. The number of esters is 1. The Morgan fingerprint density at radius 1 is 1.17 bits per heavy atom. The van der Waals surface area contributed by atoms with Crippen LogP contribution in [0.15, 0.2) is 54.7 Å². The van der Waals surface area contributed by atoms with Crippen LogP contribution in [-0.4, -0.2) is 34.5 Å². The number of Topliss-reactive ketones (excluding diaryl/α,β-unsaturated/α-hetero) is 1. The van der Waals surface area contributed by atoms with Crippen LogP contribution in [0.4, 0.5) is 0 Å². The number of ketones is 1. The van der Waals surface area contributed by atoms with Gasteiger partial charge < -0.3 is 14.0 Å². The number of benzene rings is 1. The number of carbonyl (C=O) groups excluding carboxylic acids is 2. The van der Waals surface area contributed by atoms with Crippen LogP contribution in [0.2, 0.25) is 0 Å². The first-order valence-electron chi connectivity index (χ1n) is 9.55. The number of aromatic nitrogens is 2. The molecule has 0 saturated heterocycles. The standard InChI is InChI=1S/C23H22N2O4/c1-15-11-19(16(2)25(15)22-9-5-6-10-24-22)20(26)14-29-23(27)18-12-17-7-3-4-8-21(17)28-13-18/h3-11,18H,12-14H2,1-2H3/t18-/m0/s1. The molecule has 0 bridgehead atoms. The van der Waals surface area contributed by atoms with Crippen molar-refractivity contribution in [1.29, 1.82) is 0 Å². The van der Waals surface area contributed by atoms with Gasteiger partial charge in [0.2, 0.25) is 5.78 Å². The summed E-state index contributed by atoms with van der Waals surface area (Å²) >= 11 is 0. The number of fused-ring (bicyclic) bond motifs is 1. The fraction of sp³-hybridized carbons (Fsp3) is 0.261. The molecule has 0 fully saturated rings. The largest absolute Gasteiger partial charge is 0.492 e. The van der Waals surface area contributed by atoms with Gasteiger partial charge in [0.1, 0.15) is 18.2 Å². The summed E-state index contributed by atoms with van der Waals surface area (Å²) in [6, 6.07) is 15.1. The number of aryl methyl sites for hydroxylation is 1. The van der Waals surface area contributed by atoms with E-state index in [1.165, 1.54) is 0 Å². The molecule has 6 heteroatoms. The Morgan fingerprint density at radius 2 is 1.97 bits per heavy atom. The number of pyridine rings is 1. The molecule has 6 nitrogen and oxygen atoms in total. The minimum atomic E-state index is -0.411. The lowest BCUT2D eigenvalue weighted by molar-refractivity contribution is -0.148. The van der Waals surface area contributed by atoms with Gasteiger partial charge in [-0.2, -0.15) is 0 Å². The molecule has 1 aliphatic rings. The van der Waals surface area contributed by atoms with Crippen LogP contribution in [-0.2, 0) is 16.0 Å². The Kier molecular flexibility index (Phi) is 5.16. The highest BCUT2D eigenvalue weighted by atomic mass is 16.5. The summed E-state index contributed by atoms with van der Waals surface area (Å²) in [6.07, 6.45) is 2.26. The van der Waals surface area contributed by atoms with Crippen LogP contribution in [0.5, 0.6) is 5.75 Å². The van der Waals surface area contributed by atoms with Crippen LogP contribution in [0, 0.1) is 19.8 Å². The van der Waals surface area contributed by atoms with Gasteiger partial charge in [-0.05, 0) is 50.1 Å². The number of ether oxygens (including phenoxy) is 2. The van der Waals surface area contributed by atoms with Gasteiger partial charge in [-0.15, -0.1) is 0 Å². The molecule has 1 atom stereocenters. The van der Waals surface area contributed by atoms with Crippen LogP contribution in [0.3, 0.4) is 0 Å². The van der Waals surface area contributed by atoms with E-state index in [4.69, 9.17) is 9.47 Å². The predicted molar refractivity (Wildman–Crippen MR) is 107 cm³/mol. The van der Waals surface area contributed by atoms with Crippen molar-refractivity contribution >= 4 is 11.8 Å². The van der Waals surface area contributed by atoms with Gasteiger partial charge in [0.15, 0.2) is 6.61 Å². The van der Waals surface area contributed by atoms with Crippen molar-refractivity contribution in [3.63, 3.8) is 0 Å². The number of nitrogens with zero attached hydrogens (tertiary/aromatic N) is 2. The molecular weight excluding hydrogens is 368 g/mol. The summed E-state index contributed by atoms with van der Waals surface area (Å²) in [4.78, 5) is 29.5. The molecule has 3 heterocycles. The van der Waals surface area contributed by atoms with Crippen molar-refractivity contribution in [3.05, 3.63) is 77.2 Å². The molecule has 0 aliphatic carbocycles. The fourth-order valence-corrected chi connectivity index (χ4v) is 3.70. The van der Waals surface area contributed by atoms with Gasteiger partial charge in [0.25, 0.3) is 0 Å². The van der Waals surface area contributed by atoms with E-state index >= 15 is 0 Å². The third-order valence-corrected chi connectivity index (χ3v) is 5.17. The quantitative estimate of drug-likeness (QED) is 0.493. The van der Waals surface area contributed by atoms with Gasteiger partial charge in [0.05, 0.1) is 5.92 Å². The van der Waals surface area contributed by atoms with Crippen molar-refractivity contribution in [2.45, 2.75) is 20.3 Å². The molecule has 2 aromatic heterocycles. The lowest BCUT2D eigenvalue weighted by atomic mass is 9.97. The van der Waals surface area contributed by atoms with Gasteiger partial charge in [-0.1, -0.05) is 24.3 Å². The van der Waals surface area contributed by atoms with E-state index in [0.29, 0.717) is 12.0 Å². The van der Waals surface area contributed by atoms with E-state index in [9.17, 15) is 9.59 Å². The summed E-state index contributed by atoms with van der Waals surface area (Å²) in [5.74, 6) is 0.502. The van der Waals surface area contributed by atoms with Crippen LogP contribution < -0.4 is 4.74 Å². The summed E-state index contributed by atoms with van der Waals surface area (Å²) in [5, 5.41) is 0. The molecule has 29 heavy (non-hydrogen) atoms. The maximum atomic E-state index is 12.7. The smallest absolute Gasteiger partial charge is 0.313 e. The lowest BCUT2D eigenvalue weighted by Gasteiger charge is -2.23. The first kappa shape index (κ1) is 18.9. The molecule has 0 amide bonds. The van der Waals surface area contributed by atoms with Gasteiger partial charge in [-0.25, -0.2) is 4.98 Å². The number of hydrogen-bond donors (Lipinski definition) is 0. The van der Waals surface area contributed by atoms with Crippen molar-refractivity contribution in [3.8, 4) is 11.6 Å². The molecule has 0 radical (unpaired) electrons. The second-order valence-electron chi connectivity index (χ2n) is 7.16. The fourth-order valence-electron chi connectivity index (χ4n) is 3.70. The van der Waals surface area contributed by atoms with E-state index in [0.717, 1.165) is 28.5 Å². The molecule has 1 aromatic carbocycles. The lowest BCUT2D eigenvalue weighted by Crippen LogP contribution is -2.31. The van der Waals surface area contributed by atoms with E-state index in [1.54, 1.807) is 12.3 Å². The average Bonchev–Trinajstić information content (AvgIpc) is 3.06. The van der Waals surface area contributed by atoms with Gasteiger partial charge >= 0.3 is 5.97 Å². The number of hydrogen-bond acceptors (Lipinski definition) is 5. The molecule has 0 saturated carbocycles. The van der Waals surface area contributed by atoms with E-state index in [2.05, 4.69) is 4.98 Å². The second-order valence-corrected chi connectivity index (χ2v) is 7.16. The highest BCUT2D eigenvalue weighted by molar-refractivity contribution is 5.99. The van der Waals surface area contributed by atoms with E-state index in [-0.39, 0.29) is 19.0 Å². The minimum absolute atomic E-state index is 0.231. The summed E-state index contributed by atoms with van der Waals surface area (Å²) in [6.45, 7) is 3.76. The monoisotopic (exact) mass is 390 g/mol. The maximum absolute atomic E-state index is 12.7. The van der Waals surface area contributed by atoms with Gasteiger partial charge in [-0.3, -0.25) is 9.59 Å². The highest BCUT2D eigenvalue weighted by Gasteiger charge is 2.28. The SMILES string of the molecule is Cc1cc(C(=O)COC(=O)[C@@H]2COc3ccccc3C2)c(C)n1-c1ccccn1. The topological polar surface area (TPSA) is 70.4 Å². The zero-order valence-corrected chi connectivity index (χ0v) is 16.4. The van der Waals surface area contributed by atoms with Crippen molar-refractivity contribution in [2.75, 3.05) is 13.2 Å². The third-order valence-electron chi connectivity index (χ3n) is 5.17. The van der Waals surface area contributed by atoms with Crippen molar-refractivity contribution in [1.82, 2.24) is 9.55 Å². The van der Waals surface area contributed by atoms with Crippen LogP contribution in [0.1, 0.15) is 27.3 Å². The zero-order valence-electron chi connectivity index (χ0n) is 16.4. The average molecular weight is 390 g/mol. The molecule has 0 spiro atoms. The first-order valence-corrected chi connectivity index (χ1v) is 9.55. The number of carbonyl (C=O) groups is 2. The van der Waals surface area contributed by atoms with Gasteiger partial charge in [0, 0.05) is 23.1 Å².